The Morgan fingerprint density at radius 3 is 2.69 bits per heavy atom. The number of carbonyl (C=O) groups is 1. The van der Waals surface area contributed by atoms with Crippen molar-refractivity contribution in [1.29, 1.82) is 0 Å². The van der Waals surface area contributed by atoms with Gasteiger partial charge in [-0.2, -0.15) is 0 Å². The Balaban J connectivity index is 1.69. The minimum Gasteiger partial charge on any atom is -0.496 e. The van der Waals surface area contributed by atoms with Gasteiger partial charge in [0.15, 0.2) is 5.17 Å². The molecule has 2 aromatic rings. The Kier molecular flexibility index (Phi) is 5.84. The van der Waals surface area contributed by atoms with E-state index in [9.17, 15) is 4.79 Å². The van der Waals surface area contributed by atoms with Gasteiger partial charge in [0.1, 0.15) is 5.75 Å². The minimum absolute atomic E-state index is 0.0814. The third kappa shape index (κ3) is 4.16. The molecular weight excluding hydrogens is 418 g/mol. The molecule has 1 atom stereocenters. The summed E-state index contributed by atoms with van der Waals surface area (Å²) in [6.07, 6.45) is 2.98. The lowest BCUT2D eigenvalue weighted by atomic mass is 9.80. The van der Waals surface area contributed by atoms with E-state index in [0.717, 1.165) is 29.0 Å². The molecule has 5 nitrogen and oxygen atoms in total. The van der Waals surface area contributed by atoms with E-state index in [1.807, 2.05) is 25.1 Å². The van der Waals surface area contributed by atoms with Crippen molar-refractivity contribution in [2.75, 3.05) is 19.1 Å². The van der Waals surface area contributed by atoms with Crippen LogP contribution in [0.3, 0.4) is 0 Å². The zero-order valence-electron chi connectivity index (χ0n) is 19.9. The van der Waals surface area contributed by atoms with Crippen LogP contribution in [0.15, 0.2) is 40.2 Å². The summed E-state index contributed by atoms with van der Waals surface area (Å²) in [5.41, 5.74) is 6.61. The van der Waals surface area contributed by atoms with Gasteiger partial charge >= 0.3 is 0 Å². The molecular formula is C26H31N3O2S. The molecule has 1 unspecified atom stereocenters. The molecule has 6 heteroatoms. The number of nitrogens with zero attached hydrogens (tertiary/aromatic N) is 2. The van der Waals surface area contributed by atoms with E-state index < -0.39 is 0 Å². The van der Waals surface area contributed by atoms with Crippen molar-refractivity contribution in [3.63, 3.8) is 0 Å². The first-order valence-corrected chi connectivity index (χ1v) is 11.7. The molecule has 2 aliphatic rings. The van der Waals surface area contributed by atoms with Crippen molar-refractivity contribution in [2.24, 2.45) is 4.99 Å². The van der Waals surface area contributed by atoms with Gasteiger partial charge in [0.05, 0.1) is 17.7 Å². The molecule has 0 aliphatic carbocycles. The quantitative estimate of drug-likeness (QED) is 0.591. The fourth-order valence-corrected chi connectivity index (χ4v) is 5.39. The zero-order valence-corrected chi connectivity index (χ0v) is 20.7. The van der Waals surface area contributed by atoms with Crippen LogP contribution in [0.5, 0.6) is 5.75 Å². The van der Waals surface area contributed by atoms with Crippen LogP contribution < -0.4 is 15.0 Å². The number of amidine groups is 1. The Hall–Kier alpha value is -2.73. The number of thioether (sulfide) groups is 1. The van der Waals surface area contributed by atoms with Gasteiger partial charge < -0.3 is 15.0 Å². The average molecular weight is 450 g/mol. The third-order valence-corrected chi connectivity index (χ3v) is 7.41. The first-order valence-electron chi connectivity index (χ1n) is 10.9. The summed E-state index contributed by atoms with van der Waals surface area (Å²) in [5, 5.41) is 3.49. The topological polar surface area (TPSA) is 53.9 Å². The Bertz CT molecular complexity index is 1150. The van der Waals surface area contributed by atoms with Crippen molar-refractivity contribution in [3.8, 4) is 5.75 Å². The lowest BCUT2D eigenvalue weighted by molar-refractivity contribution is -0.115. The minimum atomic E-state index is -0.135. The molecule has 1 amide bonds. The van der Waals surface area contributed by atoms with Gasteiger partial charge in [-0.15, -0.1) is 0 Å². The normalized spacial score (nSPS) is 22.3. The van der Waals surface area contributed by atoms with Crippen LogP contribution in [0.2, 0.25) is 0 Å². The highest BCUT2D eigenvalue weighted by Gasteiger charge is 2.35. The van der Waals surface area contributed by atoms with Crippen molar-refractivity contribution in [1.82, 2.24) is 5.32 Å². The molecule has 1 fully saturated rings. The largest absolute Gasteiger partial charge is 0.496 e. The molecule has 4 rings (SSSR count). The predicted octanol–water partition coefficient (Wildman–Crippen LogP) is 5.93. The number of carbonyl (C=O) groups excluding carboxylic acids is 1. The summed E-state index contributed by atoms with van der Waals surface area (Å²) in [5.74, 6) is 1.05. The number of anilines is 1. The van der Waals surface area contributed by atoms with E-state index in [1.165, 1.54) is 28.6 Å². The smallest absolute Gasteiger partial charge is 0.264 e. The highest BCUT2D eigenvalue weighted by atomic mass is 32.2. The molecule has 0 radical (unpaired) electrons. The van der Waals surface area contributed by atoms with Crippen LogP contribution in [0.1, 0.15) is 55.4 Å². The molecule has 1 N–H and O–H groups in total. The highest BCUT2D eigenvalue weighted by Crippen LogP contribution is 2.45. The Morgan fingerprint density at radius 1 is 1.25 bits per heavy atom. The number of methoxy groups -OCH3 is 1. The van der Waals surface area contributed by atoms with Crippen LogP contribution in [0.25, 0.3) is 6.08 Å². The first kappa shape index (κ1) is 22.5. The predicted molar refractivity (Wildman–Crippen MR) is 135 cm³/mol. The molecule has 2 heterocycles. The van der Waals surface area contributed by atoms with E-state index in [-0.39, 0.29) is 11.4 Å². The van der Waals surface area contributed by atoms with Gasteiger partial charge in [-0.3, -0.25) is 4.79 Å². The number of ether oxygens (including phenoxy) is 1. The third-order valence-electron chi connectivity index (χ3n) is 6.50. The highest BCUT2D eigenvalue weighted by molar-refractivity contribution is 8.18. The van der Waals surface area contributed by atoms with Crippen LogP contribution in [0, 0.1) is 13.8 Å². The van der Waals surface area contributed by atoms with Crippen molar-refractivity contribution in [3.05, 3.63) is 57.5 Å². The first-order chi connectivity index (χ1) is 15.1. The molecule has 2 aliphatic heterocycles. The standard InChI is InChI=1S/C26H31N3O2S/c1-15-8-9-20(16(2)10-15)27-25-28-24(30)23(32-25)12-18-11-19-17(3)14-26(4,5)29(6)21(19)13-22(18)31-7/h8-13,17H,14H2,1-7H3,(H,27,28,30)/b23-12+. The van der Waals surface area contributed by atoms with Crippen molar-refractivity contribution in [2.45, 2.75) is 52.5 Å². The second-order valence-corrected chi connectivity index (χ2v) is 10.4. The fourth-order valence-electron chi connectivity index (χ4n) is 4.56. The second kappa shape index (κ2) is 8.32. The van der Waals surface area contributed by atoms with Crippen molar-refractivity contribution >= 4 is 40.3 Å². The number of amides is 1. The van der Waals surface area contributed by atoms with Gasteiger partial charge in [0.2, 0.25) is 0 Å². The summed E-state index contributed by atoms with van der Waals surface area (Å²) in [6.45, 7) is 10.9. The average Bonchev–Trinajstić information content (AvgIpc) is 3.06. The number of aryl methyl sites for hydroxylation is 2. The molecule has 0 saturated carbocycles. The van der Waals surface area contributed by atoms with Gasteiger partial charge in [0, 0.05) is 29.9 Å². The number of nitrogens with one attached hydrogen (secondary N) is 1. The fraction of sp³-hybridized carbons (Fsp3) is 0.385. The number of fused-ring (bicyclic) bond motifs is 1. The van der Waals surface area contributed by atoms with Crippen LogP contribution >= 0.6 is 11.8 Å². The maximum atomic E-state index is 12.7. The van der Waals surface area contributed by atoms with E-state index in [2.05, 4.69) is 68.2 Å². The summed E-state index contributed by atoms with van der Waals surface area (Å²) in [7, 11) is 3.81. The molecule has 0 spiro atoms. The molecule has 0 aromatic heterocycles. The SMILES string of the molecule is COc1cc2c(cc1/C=C1/SC(=Nc3ccc(C)cc3C)NC1=O)C(C)CC(C)(C)N2C. The molecule has 32 heavy (non-hydrogen) atoms. The summed E-state index contributed by atoms with van der Waals surface area (Å²) < 4.78 is 5.72. The van der Waals surface area contributed by atoms with Gasteiger partial charge in [-0.25, -0.2) is 4.99 Å². The van der Waals surface area contributed by atoms with E-state index in [1.54, 1.807) is 7.11 Å². The number of rotatable bonds is 3. The lowest BCUT2D eigenvalue weighted by Crippen LogP contribution is -2.45. The Morgan fingerprint density at radius 2 is 2.00 bits per heavy atom. The lowest BCUT2D eigenvalue weighted by Gasteiger charge is -2.45. The van der Waals surface area contributed by atoms with E-state index >= 15 is 0 Å². The van der Waals surface area contributed by atoms with Crippen LogP contribution in [0.4, 0.5) is 11.4 Å². The van der Waals surface area contributed by atoms with Gasteiger partial charge in [-0.05, 0) is 81.1 Å². The summed E-state index contributed by atoms with van der Waals surface area (Å²) >= 11 is 1.36. The van der Waals surface area contributed by atoms with Gasteiger partial charge in [0.25, 0.3) is 5.91 Å². The van der Waals surface area contributed by atoms with Crippen molar-refractivity contribution < 1.29 is 9.53 Å². The summed E-state index contributed by atoms with van der Waals surface area (Å²) in [6, 6.07) is 10.4. The number of hydrogen-bond donors (Lipinski definition) is 1. The summed E-state index contributed by atoms with van der Waals surface area (Å²) in [4.78, 5) is 20.3. The monoisotopic (exact) mass is 449 g/mol. The molecule has 0 bridgehead atoms. The maximum absolute atomic E-state index is 12.7. The van der Waals surface area contributed by atoms with Crippen LogP contribution in [-0.2, 0) is 4.79 Å². The van der Waals surface area contributed by atoms with Crippen LogP contribution in [-0.4, -0.2) is 30.8 Å². The maximum Gasteiger partial charge on any atom is 0.264 e. The zero-order chi connectivity index (χ0) is 23.2. The number of benzene rings is 2. The number of hydrogen-bond acceptors (Lipinski definition) is 5. The second-order valence-electron chi connectivity index (χ2n) is 9.40. The Labute approximate surface area is 194 Å². The van der Waals surface area contributed by atoms with E-state index in [4.69, 9.17) is 4.74 Å². The molecule has 1 saturated heterocycles. The van der Waals surface area contributed by atoms with E-state index in [0.29, 0.717) is 16.0 Å². The van der Waals surface area contributed by atoms with Gasteiger partial charge in [-0.1, -0.05) is 24.6 Å². The molecule has 2 aromatic carbocycles. The number of aliphatic imine (C=N–C) groups is 1. The molecule has 168 valence electrons.